The second-order valence-corrected chi connectivity index (χ2v) is 4.38. The maximum atomic E-state index is 12.0. The number of carbonyl (C=O) groups excluding carboxylic acids is 2. The minimum absolute atomic E-state index is 0.0263. The van der Waals surface area contributed by atoms with Crippen molar-refractivity contribution in [3.8, 4) is 5.75 Å². The summed E-state index contributed by atoms with van der Waals surface area (Å²) in [5, 5.41) is 0. The van der Waals surface area contributed by atoms with Crippen LogP contribution < -0.4 is 10.5 Å². The molecule has 6 heteroatoms. The Morgan fingerprint density at radius 1 is 1.29 bits per heavy atom. The number of ether oxygens (including phenoxy) is 2. The highest BCUT2D eigenvalue weighted by molar-refractivity contribution is 5.82. The molecule has 0 heterocycles. The van der Waals surface area contributed by atoms with Crippen LogP contribution in [0.25, 0.3) is 0 Å². The normalized spacial score (nSPS) is 10.0. The van der Waals surface area contributed by atoms with Gasteiger partial charge in [0.2, 0.25) is 5.91 Å². The average molecular weight is 294 g/mol. The maximum Gasteiger partial charge on any atom is 0.325 e. The van der Waals surface area contributed by atoms with E-state index in [1.165, 1.54) is 4.90 Å². The van der Waals surface area contributed by atoms with Crippen molar-refractivity contribution in [2.45, 2.75) is 20.3 Å². The van der Waals surface area contributed by atoms with Gasteiger partial charge in [0.05, 0.1) is 19.6 Å². The quantitative estimate of drug-likeness (QED) is 0.579. The first-order valence-electron chi connectivity index (χ1n) is 6.98. The van der Waals surface area contributed by atoms with Crippen LogP contribution in [0.5, 0.6) is 5.75 Å². The highest BCUT2D eigenvalue weighted by Gasteiger charge is 2.16. The molecule has 0 aromatic heterocycles. The summed E-state index contributed by atoms with van der Waals surface area (Å²) in [5.74, 6) is 0.0788. The molecule has 0 saturated carbocycles. The van der Waals surface area contributed by atoms with Crippen LogP contribution in [0.1, 0.15) is 20.3 Å². The number of nitrogens with two attached hydrogens (primary N) is 1. The van der Waals surface area contributed by atoms with Crippen LogP contribution in [0.4, 0.5) is 5.69 Å². The first-order chi connectivity index (χ1) is 10.1. The van der Waals surface area contributed by atoms with Crippen molar-refractivity contribution in [2.75, 3.05) is 32.0 Å². The summed E-state index contributed by atoms with van der Waals surface area (Å²) < 4.78 is 10.3. The number of esters is 1. The minimum atomic E-state index is -0.399. The maximum absolute atomic E-state index is 12.0. The fourth-order valence-electron chi connectivity index (χ4n) is 1.76. The van der Waals surface area contributed by atoms with Crippen LogP contribution in [-0.2, 0) is 14.3 Å². The Bertz CT molecular complexity index is 476. The Morgan fingerprint density at radius 3 is 2.67 bits per heavy atom. The van der Waals surface area contributed by atoms with Crippen LogP contribution in [0.2, 0.25) is 0 Å². The molecule has 0 atom stereocenters. The fraction of sp³-hybridized carbons (Fsp3) is 0.467. The lowest BCUT2D eigenvalue weighted by atomic mass is 10.3. The molecule has 1 amide bonds. The van der Waals surface area contributed by atoms with Gasteiger partial charge in [-0.25, -0.2) is 0 Å². The Hall–Kier alpha value is -2.24. The first-order valence-corrected chi connectivity index (χ1v) is 6.98. The summed E-state index contributed by atoms with van der Waals surface area (Å²) in [6.07, 6.45) is 0.196. The molecule has 1 aromatic rings. The van der Waals surface area contributed by atoms with Crippen LogP contribution >= 0.6 is 0 Å². The number of benzene rings is 1. The highest BCUT2D eigenvalue weighted by Crippen LogP contribution is 2.14. The van der Waals surface area contributed by atoms with Gasteiger partial charge in [-0.3, -0.25) is 9.59 Å². The van der Waals surface area contributed by atoms with E-state index in [9.17, 15) is 9.59 Å². The number of nitrogen functional groups attached to an aromatic ring is 1. The number of carbonyl (C=O) groups is 2. The predicted molar refractivity (Wildman–Crippen MR) is 79.9 cm³/mol. The molecular weight excluding hydrogens is 272 g/mol. The zero-order valence-electron chi connectivity index (χ0n) is 12.5. The van der Waals surface area contributed by atoms with Gasteiger partial charge in [0.15, 0.2) is 0 Å². The van der Waals surface area contributed by atoms with Crippen LogP contribution in [-0.4, -0.2) is 43.1 Å². The number of hydrogen-bond acceptors (Lipinski definition) is 5. The molecule has 0 bridgehead atoms. The van der Waals surface area contributed by atoms with Crippen molar-refractivity contribution in [2.24, 2.45) is 0 Å². The van der Waals surface area contributed by atoms with Crippen molar-refractivity contribution in [1.82, 2.24) is 4.90 Å². The number of rotatable bonds is 8. The monoisotopic (exact) mass is 294 g/mol. The molecule has 0 aliphatic rings. The molecule has 0 unspecified atom stereocenters. The number of likely N-dealkylation sites (N-methyl/N-ethyl adjacent to an activating group) is 1. The molecule has 0 aliphatic carbocycles. The summed E-state index contributed by atoms with van der Waals surface area (Å²) in [6.45, 7) is 4.52. The molecule has 0 fully saturated rings. The van der Waals surface area contributed by atoms with Crippen molar-refractivity contribution < 1.29 is 19.1 Å². The van der Waals surface area contributed by atoms with Gasteiger partial charge in [0.25, 0.3) is 0 Å². The second-order valence-electron chi connectivity index (χ2n) is 4.38. The Kier molecular flexibility index (Phi) is 7.08. The van der Waals surface area contributed by atoms with E-state index < -0.39 is 5.97 Å². The molecule has 0 saturated heterocycles. The molecule has 0 aliphatic heterocycles. The van der Waals surface area contributed by atoms with Gasteiger partial charge < -0.3 is 20.1 Å². The van der Waals surface area contributed by atoms with Gasteiger partial charge in [0.1, 0.15) is 12.3 Å². The lowest BCUT2D eigenvalue weighted by Crippen LogP contribution is -2.36. The summed E-state index contributed by atoms with van der Waals surface area (Å²) in [4.78, 5) is 24.8. The minimum Gasteiger partial charge on any atom is -0.493 e. The smallest absolute Gasteiger partial charge is 0.325 e. The van der Waals surface area contributed by atoms with Gasteiger partial charge in [-0.1, -0.05) is 6.07 Å². The fourth-order valence-corrected chi connectivity index (χ4v) is 1.76. The van der Waals surface area contributed by atoms with Gasteiger partial charge in [-0.05, 0) is 26.0 Å². The Balaban J connectivity index is 2.38. The van der Waals surface area contributed by atoms with E-state index >= 15 is 0 Å². The molecular formula is C15H22N2O4. The Labute approximate surface area is 124 Å². The van der Waals surface area contributed by atoms with Crippen molar-refractivity contribution in [3.63, 3.8) is 0 Å². The number of amides is 1. The Morgan fingerprint density at radius 2 is 2.05 bits per heavy atom. The molecule has 0 radical (unpaired) electrons. The lowest BCUT2D eigenvalue weighted by Gasteiger charge is -2.19. The third-order valence-corrected chi connectivity index (χ3v) is 2.80. The third kappa shape index (κ3) is 6.16. The largest absolute Gasteiger partial charge is 0.493 e. The van der Waals surface area contributed by atoms with E-state index in [2.05, 4.69) is 0 Å². The van der Waals surface area contributed by atoms with Crippen molar-refractivity contribution in [3.05, 3.63) is 24.3 Å². The number of anilines is 1. The van der Waals surface area contributed by atoms with Crippen LogP contribution in [0, 0.1) is 0 Å². The van der Waals surface area contributed by atoms with Crippen LogP contribution in [0.3, 0.4) is 0 Å². The van der Waals surface area contributed by atoms with Gasteiger partial charge in [0, 0.05) is 18.3 Å². The van der Waals surface area contributed by atoms with E-state index in [1.54, 1.807) is 31.2 Å². The van der Waals surface area contributed by atoms with Crippen molar-refractivity contribution >= 4 is 17.6 Å². The second kappa shape index (κ2) is 8.84. The molecule has 2 N–H and O–H groups in total. The van der Waals surface area contributed by atoms with E-state index in [4.69, 9.17) is 15.2 Å². The zero-order valence-corrected chi connectivity index (χ0v) is 12.5. The molecule has 21 heavy (non-hydrogen) atoms. The van der Waals surface area contributed by atoms with Crippen LogP contribution in [0.15, 0.2) is 24.3 Å². The zero-order chi connectivity index (χ0) is 15.7. The van der Waals surface area contributed by atoms with E-state index in [-0.39, 0.29) is 25.5 Å². The number of hydrogen-bond donors (Lipinski definition) is 1. The summed E-state index contributed by atoms with van der Waals surface area (Å²) in [5.41, 5.74) is 6.24. The standard InChI is InChI=1S/C15H22N2O4/c1-3-17(11-15(19)20-4-2)14(18)8-9-21-13-7-5-6-12(16)10-13/h5-7,10H,3-4,8-9,11,16H2,1-2H3. The molecule has 1 rings (SSSR count). The van der Waals surface area contributed by atoms with E-state index in [1.807, 2.05) is 6.92 Å². The van der Waals surface area contributed by atoms with Gasteiger partial charge >= 0.3 is 5.97 Å². The molecule has 6 nitrogen and oxygen atoms in total. The van der Waals surface area contributed by atoms with Gasteiger partial charge in [-0.15, -0.1) is 0 Å². The molecule has 1 aromatic carbocycles. The van der Waals surface area contributed by atoms with E-state index in [0.29, 0.717) is 24.6 Å². The first kappa shape index (κ1) is 16.8. The molecule has 116 valence electrons. The SMILES string of the molecule is CCOC(=O)CN(CC)C(=O)CCOc1cccc(N)c1. The number of nitrogens with zero attached hydrogens (tertiary/aromatic N) is 1. The summed E-state index contributed by atoms with van der Waals surface area (Å²) in [7, 11) is 0. The average Bonchev–Trinajstić information content (AvgIpc) is 2.45. The summed E-state index contributed by atoms with van der Waals surface area (Å²) in [6, 6.07) is 7.01. The predicted octanol–water partition coefficient (Wildman–Crippen LogP) is 1.45. The topological polar surface area (TPSA) is 81.9 Å². The highest BCUT2D eigenvalue weighted by atomic mass is 16.5. The summed E-state index contributed by atoms with van der Waals surface area (Å²) >= 11 is 0. The molecule has 0 spiro atoms. The van der Waals surface area contributed by atoms with E-state index in [0.717, 1.165) is 0 Å². The van der Waals surface area contributed by atoms with Gasteiger partial charge in [-0.2, -0.15) is 0 Å². The third-order valence-electron chi connectivity index (χ3n) is 2.80. The van der Waals surface area contributed by atoms with Crippen molar-refractivity contribution in [1.29, 1.82) is 0 Å². The lowest BCUT2D eigenvalue weighted by molar-refractivity contribution is -0.149.